The number of likely N-dealkylation sites (N-methyl/N-ethyl adjacent to an activating group) is 1. The number of hydrogen-bond acceptors (Lipinski definition) is 4. The average Bonchev–Trinajstić information content (AvgIpc) is 3.02. The van der Waals surface area contributed by atoms with Gasteiger partial charge in [-0.05, 0) is 24.3 Å². The molecule has 1 fully saturated rings. The number of aliphatic hydroxyl groups is 1. The van der Waals surface area contributed by atoms with E-state index in [1.54, 1.807) is 11.9 Å². The van der Waals surface area contributed by atoms with Crippen LogP contribution in [0.5, 0.6) is 0 Å². The molecule has 23 heavy (non-hydrogen) atoms. The van der Waals surface area contributed by atoms with Crippen molar-refractivity contribution in [2.45, 2.75) is 6.10 Å². The molecule has 0 aliphatic carbocycles. The van der Waals surface area contributed by atoms with Crippen molar-refractivity contribution in [1.29, 1.82) is 0 Å². The molecule has 1 atom stereocenters. The van der Waals surface area contributed by atoms with Gasteiger partial charge in [0, 0.05) is 55.9 Å². The molecular formula is C17H23N3O3. The fourth-order valence-electron chi connectivity index (χ4n) is 2.95. The maximum Gasteiger partial charge on any atom is 0.253 e. The van der Waals surface area contributed by atoms with E-state index < -0.39 is 6.10 Å². The van der Waals surface area contributed by atoms with E-state index in [2.05, 4.69) is 9.88 Å². The molecule has 2 aromatic rings. The third-order valence-electron chi connectivity index (χ3n) is 4.20. The molecule has 124 valence electrons. The zero-order valence-electron chi connectivity index (χ0n) is 13.4. The summed E-state index contributed by atoms with van der Waals surface area (Å²) in [7, 11) is 1.73. The highest BCUT2D eigenvalue weighted by atomic mass is 16.5. The maximum absolute atomic E-state index is 12.5. The van der Waals surface area contributed by atoms with Crippen molar-refractivity contribution in [3.63, 3.8) is 0 Å². The van der Waals surface area contributed by atoms with Crippen LogP contribution in [0.2, 0.25) is 0 Å². The minimum atomic E-state index is -0.557. The van der Waals surface area contributed by atoms with E-state index in [0.29, 0.717) is 31.9 Å². The lowest BCUT2D eigenvalue weighted by Gasteiger charge is -2.30. The molecule has 6 heteroatoms. The molecule has 1 unspecified atom stereocenters. The van der Waals surface area contributed by atoms with Gasteiger partial charge >= 0.3 is 0 Å². The second kappa shape index (κ2) is 7.12. The molecule has 1 aromatic heterocycles. The molecule has 0 radical (unpaired) electrons. The van der Waals surface area contributed by atoms with Gasteiger partial charge in [0.2, 0.25) is 0 Å². The quantitative estimate of drug-likeness (QED) is 0.861. The molecule has 6 nitrogen and oxygen atoms in total. The monoisotopic (exact) mass is 317 g/mol. The fourth-order valence-corrected chi connectivity index (χ4v) is 2.95. The van der Waals surface area contributed by atoms with Crippen LogP contribution in [0.4, 0.5) is 0 Å². The molecule has 1 aromatic carbocycles. The largest absolute Gasteiger partial charge is 0.390 e. The molecule has 0 bridgehead atoms. The molecule has 2 heterocycles. The van der Waals surface area contributed by atoms with Crippen LogP contribution in [-0.2, 0) is 4.74 Å². The van der Waals surface area contributed by atoms with E-state index in [1.165, 1.54) is 0 Å². The van der Waals surface area contributed by atoms with Crippen LogP contribution < -0.4 is 0 Å². The second-order valence-corrected chi connectivity index (χ2v) is 6.03. The number of carbonyl (C=O) groups excluding carboxylic acids is 1. The highest BCUT2D eigenvalue weighted by Gasteiger charge is 2.19. The first-order valence-electron chi connectivity index (χ1n) is 7.94. The predicted molar refractivity (Wildman–Crippen MR) is 88.5 cm³/mol. The van der Waals surface area contributed by atoms with Gasteiger partial charge in [-0.2, -0.15) is 0 Å². The zero-order valence-corrected chi connectivity index (χ0v) is 13.4. The summed E-state index contributed by atoms with van der Waals surface area (Å²) in [6, 6.07) is 7.53. The van der Waals surface area contributed by atoms with Gasteiger partial charge in [0.25, 0.3) is 5.91 Å². The number of morpholine rings is 1. The first kappa shape index (κ1) is 16.0. The van der Waals surface area contributed by atoms with Crippen molar-refractivity contribution in [3.8, 4) is 0 Å². The summed E-state index contributed by atoms with van der Waals surface area (Å²) < 4.78 is 5.30. The lowest BCUT2D eigenvalue weighted by molar-refractivity contribution is 0.00879. The third kappa shape index (κ3) is 3.90. The molecular weight excluding hydrogens is 294 g/mol. The van der Waals surface area contributed by atoms with Crippen molar-refractivity contribution in [2.24, 2.45) is 0 Å². The van der Waals surface area contributed by atoms with E-state index in [9.17, 15) is 9.90 Å². The van der Waals surface area contributed by atoms with Gasteiger partial charge in [0.15, 0.2) is 0 Å². The Morgan fingerprint density at radius 3 is 2.96 bits per heavy atom. The summed E-state index contributed by atoms with van der Waals surface area (Å²) >= 11 is 0. The maximum atomic E-state index is 12.5. The van der Waals surface area contributed by atoms with E-state index in [-0.39, 0.29) is 5.91 Å². The van der Waals surface area contributed by atoms with Crippen LogP contribution >= 0.6 is 0 Å². The number of fused-ring (bicyclic) bond motifs is 1. The van der Waals surface area contributed by atoms with E-state index in [1.807, 2.05) is 30.5 Å². The van der Waals surface area contributed by atoms with Crippen molar-refractivity contribution < 1.29 is 14.6 Å². The number of nitrogens with zero attached hydrogens (tertiary/aromatic N) is 2. The van der Waals surface area contributed by atoms with E-state index in [0.717, 1.165) is 24.0 Å². The molecule has 0 spiro atoms. The number of ether oxygens (including phenoxy) is 1. The van der Waals surface area contributed by atoms with Crippen LogP contribution in [0.15, 0.2) is 30.5 Å². The van der Waals surface area contributed by atoms with Gasteiger partial charge < -0.3 is 19.7 Å². The number of aromatic amines is 1. The smallest absolute Gasteiger partial charge is 0.253 e. The van der Waals surface area contributed by atoms with Crippen molar-refractivity contribution in [2.75, 3.05) is 46.4 Å². The number of hydrogen-bond donors (Lipinski definition) is 2. The SMILES string of the molecule is CN(CC(O)CN1CCOCC1)C(=O)c1ccc2[nH]ccc2c1. The lowest BCUT2D eigenvalue weighted by atomic mass is 10.1. The number of H-pyrrole nitrogens is 1. The number of nitrogens with one attached hydrogen (secondary N) is 1. The first-order valence-corrected chi connectivity index (χ1v) is 7.94. The molecule has 3 rings (SSSR count). The minimum absolute atomic E-state index is 0.0749. The molecule has 1 aliphatic rings. The van der Waals surface area contributed by atoms with Gasteiger partial charge in [-0.1, -0.05) is 0 Å². The van der Waals surface area contributed by atoms with Gasteiger partial charge in [0.1, 0.15) is 0 Å². The van der Waals surface area contributed by atoms with Gasteiger partial charge in [-0.15, -0.1) is 0 Å². The number of carbonyl (C=O) groups is 1. The standard InChI is InChI=1S/C17H23N3O3/c1-19(11-15(21)12-20-6-8-23-9-7-20)17(22)14-2-3-16-13(10-14)4-5-18-16/h2-5,10,15,18,21H,6-9,11-12H2,1H3. The summed E-state index contributed by atoms with van der Waals surface area (Å²) in [6.07, 6.45) is 1.30. The Kier molecular flexibility index (Phi) is 4.95. The van der Waals surface area contributed by atoms with Crippen LogP contribution in [-0.4, -0.2) is 78.3 Å². The first-order chi connectivity index (χ1) is 11.1. The number of β-amino-alcohol motifs (C(OH)–C–C–N with tert-alkyl or cyclic N) is 1. The van der Waals surface area contributed by atoms with E-state index >= 15 is 0 Å². The summed E-state index contributed by atoms with van der Waals surface area (Å²) in [5.74, 6) is -0.0749. The Morgan fingerprint density at radius 2 is 2.17 bits per heavy atom. The summed E-state index contributed by atoms with van der Waals surface area (Å²) in [6.45, 7) is 3.97. The van der Waals surface area contributed by atoms with Crippen LogP contribution in [0, 0.1) is 0 Å². The number of aliphatic hydroxyl groups excluding tert-OH is 1. The number of benzene rings is 1. The molecule has 1 saturated heterocycles. The Morgan fingerprint density at radius 1 is 1.39 bits per heavy atom. The van der Waals surface area contributed by atoms with Crippen molar-refractivity contribution >= 4 is 16.8 Å². The Bertz CT molecular complexity index is 664. The summed E-state index contributed by atoms with van der Waals surface area (Å²) in [5.41, 5.74) is 1.65. The van der Waals surface area contributed by atoms with Crippen molar-refractivity contribution in [3.05, 3.63) is 36.0 Å². The fraction of sp³-hybridized carbons (Fsp3) is 0.471. The average molecular weight is 317 g/mol. The molecule has 1 amide bonds. The molecule has 1 aliphatic heterocycles. The van der Waals surface area contributed by atoms with Gasteiger partial charge in [-0.25, -0.2) is 0 Å². The van der Waals surface area contributed by atoms with Crippen molar-refractivity contribution in [1.82, 2.24) is 14.8 Å². The van der Waals surface area contributed by atoms with Crippen LogP contribution in [0.1, 0.15) is 10.4 Å². The normalized spacial score (nSPS) is 17.3. The van der Waals surface area contributed by atoms with E-state index in [4.69, 9.17) is 4.74 Å². The zero-order chi connectivity index (χ0) is 16.2. The number of rotatable bonds is 5. The third-order valence-corrected chi connectivity index (χ3v) is 4.20. The topological polar surface area (TPSA) is 68.8 Å². The van der Waals surface area contributed by atoms with Crippen LogP contribution in [0.3, 0.4) is 0 Å². The second-order valence-electron chi connectivity index (χ2n) is 6.03. The Hall–Kier alpha value is -1.89. The number of amides is 1. The highest BCUT2D eigenvalue weighted by molar-refractivity contribution is 5.97. The number of aromatic nitrogens is 1. The summed E-state index contributed by atoms with van der Waals surface area (Å²) in [4.78, 5) is 19.4. The van der Waals surface area contributed by atoms with Gasteiger partial charge in [-0.3, -0.25) is 9.69 Å². The van der Waals surface area contributed by atoms with Gasteiger partial charge in [0.05, 0.1) is 19.3 Å². The molecule has 2 N–H and O–H groups in total. The lowest BCUT2D eigenvalue weighted by Crippen LogP contribution is -2.45. The summed E-state index contributed by atoms with van der Waals surface area (Å²) in [5, 5.41) is 11.2. The predicted octanol–water partition coefficient (Wildman–Crippen LogP) is 0.933. The Balaban J connectivity index is 1.57. The molecule has 0 saturated carbocycles. The van der Waals surface area contributed by atoms with Crippen LogP contribution in [0.25, 0.3) is 10.9 Å². The minimum Gasteiger partial charge on any atom is -0.390 e. The Labute approximate surface area is 135 Å². The highest BCUT2D eigenvalue weighted by Crippen LogP contribution is 2.15.